The third kappa shape index (κ3) is 2.26. The fourth-order valence-corrected chi connectivity index (χ4v) is 2.15. The number of anilines is 1. The van der Waals surface area contributed by atoms with E-state index in [9.17, 15) is 4.79 Å². The normalized spacial score (nSPS) is 11.6. The van der Waals surface area contributed by atoms with Crippen molar-refractivity contribution in [2.45, 2.75) is 26.2 Å². The molecule has 1 N–H and O–H groups in total. The molecule has 0 aliphatic heterocycles. The Morgan fingerprint density at radius 1 is 1.37 bits per heavy atom. The van der Waals surface area contributed by atoms with Gasteiger partial charge in [0.15, 0.2) is 5.58 Å². The number of fused-ring (bicyclic) bond motifs is 1. The lowest BCUT2D eigenvalue weighted by atomic mass is 9.89. The second-order valence-electron chi connectivity index (χ2n) is 5.44. The second-order valence-corrected chi connectivity index (χ2v) is 5.44. The largest absolute Gasteiger partial charge is 0.439 e. The van der Waals surface area contributed by atoms with E-state index in [0.717, 1.165) is 22.3 Å². The first kappa shape index (κ1) is 13.3. The van der Waals surface area contributed by atoms with Crippen molar-refractivity contribution in [3.63, 3.8) is 0 Å². The third-order valence-electron chi connectivity index (χ3n) is 3.02. The Morgan fingerprint density at radius 2 is 2.05 bits per heavy atom. The maximum atomic E-state index is 11.7. The average Bonchev–Trinajstić information content (AvgIpc) is 2.35. The average molecular weight is 258 g/mol. The van der Waals surface area contributed by atoms with Crippen LogP contribution < -0.4 is 11.1 Å². The van der Waals surface area contributed by atoms with Crippen LogP contribution >= 0.6 is 0 Å². The third-order valence-corrected chi connectivity index (χ3v) is 3.02. The van der Waals surface area contributed by atoms with E-state index in [-0.39, 0.29) is 5.41 Å². The highest BCUT2D eigenvalue weighted by Crippen LogP contribution is 2.32. The van der Waals surface area contributed by atoms with Crippen molar-refractivity contribution in [1.29, 1.82) is 0 Å². The van der Waals surface area contributed by atoms with Crippen molar-refractivity contribution in [2.24, 2.45) is 0 Å². The summed E-state index contributed by atoms with van der Waals surface area (Å²) in [6.45, 7) is 9.83. The van der Waals surface area contributed by atoms with Crippen LogP contribution in [0.1, 0.15) is 32.0 Å². The maximum absolute atomic E-state index is 11.7. The number of hydrogen-bond acceptors (Lipinski definition) is 4. The summed E-state index contributed by atoms with van der Waals surface area (Å²) in [6.07, 6.45) is 1.72. The van der Waals surface area contributed by atoms with Gasteiger partial charge in [-0.2, -0.15) is 4.98 Å². The molecule has 1 aromatic heterocycles. The van der Waals surface area contributed by atoms with Crippen LogP contribution in [-0.2, 0) is 5.41 Å². The van der Waals surface area contributed by atoms with Crippen molar-refractivity contribution >= 4 is 22.7 Å². The van der Waals surface area contributed by atoms with Crippen LogP contribution in [0.4, 0.5) is 5.69 Å². The van der Waals surface area contributed by atoms with Crippen LogP contribution in [0.15, 0.2) is 27.9 Å². The first-order chi connectivity index (χ1) is 8.88. The Hall–Kier alpha value is -2.10. The van der Waals surface area contributed by atoms with Crippen LogP contribution in [-0.4, -0.2) is 12.0 Å². The molecule has 0 bridgehead atoms. The van der Waals surface area contributed by atoms with E-state index in [4.69, 9.17) is 4.42 Å². The van der Waals surface area contributed by atoms with Gasteiger partial charge in [-0.05, 0) is 6.07 Å². The van der Waals surface area contributed by atoms with Gasteiger partial charge in [-0.3, -0.25) is 0 Å². The molecule has 1 aromatic carbocycles. The summed E-state index contributed by atoms with van der Waals surface area (Å²) in [6, 6.07) is 3.86. The minimum absolute atomic E-state index is 0.227. The zero-order valence-electron chi connectivity index (χ0n) is 11.7. The standard InChI is InChI=1S/C15H18N2O2/c1-6-9-7-8-10-12(11(9)16-5)19-14(18)17-13(10)15(2,3)4/h6-8,16H,1H2,2-5H3. The Labute approximate surface area is 112 Å². The molecule has 0 radical (unpaired) electrons. The summed E-state index contributed by atoms with van der Waals surface area (Å²) < 4.78 is 5.29. The number of nitrogens with one attached hydrogen (secondary N) is 1. The van der Waals surface area contributed by atoms with E-state index in [1.807, 2.05) is 32.9 Å². The van der Waals surface area contributed by atoms with Crippen LogP contribution in [0.2, 0.25) is 0 Å². The fourth-order valence-electron chi connectivity index (χ4n) is 2.15. The van der Waals surface area contributed by atoms with Crippen molar-refractivity contribution in [3.8, 4) is 0 Å². The molecular weight excluding hydrogens is 240 g/mol. The second kappa shape index (κ2) is 4.53. The van der Waals surface area contributed by atoms with Gasteiger partial charge in [0.2, 0.25) is 0 Å². The van der Waals surface area contributed by atoms with E-state index in [1.165, 1.54) is 0 Å². The minimum atomic E-state index is -0.574. The van der Waals surface area contributed by atoms with Gasteiger partial charge in [0.1, 0.15) is 0 Å². The van der Waals surface area contributed by atoms with Gasteiger partial charge in [0.05, 0.1) is 11.4 Å². The molecule has 0 amide bonds. The van der Waals surface area contributed by atoms with E-state index in [2.05, 4.69) is 16.9 Å². The number of benzene rings is 1. The van der Waals surface area contributed by atoms with Gasteiger partial charge >= 0.3 is 5.76 Å². The van der Waals surface area contributed by atoms with Gasteiger partial charge in [-0.25, -0.2) is 4.79 Å². The molecule has 0 aliphatic carbocycles. The van der Waals surface area contributed by atoms with Crippen LogP contribution in [0.25, 0.3) is 17.0 Å². The molecular formula is C15H18N2O2. The zero-order valence-corrected chi connectivity index (χ0v) is 11.7. The van der Waals surface area contributed by atoms with Gasteiger partial charge in [-0.15, -0.1) is 0 Å². The van der Waals surface area contributed by atoms with Crippen molar-refractivity contribution in [3.05, 3.63) is 40.5 Å². The lowest BCUT2D eigenvalue weighted by Gasteiger charge is -2.19. The number of nitrogens with zero attached hydrogens (tertiary/aromatic N) is 1. The first-order valence-electron chi connectivity index (χ1n) is 6.17. The molecule has 19 heavy (non-hydrogen) atoms. The molecule has 0 spiro atoms. The Kier molecular flexibility index (Phi) is 3.18. The van der Waals surface area contributed by atoms with Gasteiger partial charge in [0, 0.05) is 23.4 Å². The van der Waals surface area contributed by atoms with Crippen molar-refractivity contribution < 1.29 is 4.42 Å². The molecule has 2 aromatic rings. The first-order valence-corrected chi connectivity index (χ1v) is 6.17. The molecule has 0 fully saturated rings. The van der Waals surface area contributed by atoms with Gasteiger partial charge in [-0.1, -0.05) is 39.5 Å². The predicted octanol–water partition coefficient (Wildman–Crippen LogP) is 3.17. The van der Waals surface area contributed by atoms with Crippen LogP contribution in [0, 0.1) is 0 Å². The summed E-state index contributed by atoms with van der Waals surface area (Å²) >= 11 is 0. The fraction of sp³-hybridized carbons (Fsp3) is 0.333. The Balaban J connectivity index is 2.97. The van der Waals surface area contributed by atoms with Crippen molar-refractivity contribution in [2.75, 3.05) is 12.4 Å². The summed E-state index contributed by atoms with van der Waals surface area (Å²) in [5.74, 6) is -0.574. The van der Waals surface area contributed by atoms with Gasteiger partial charge in [0.25, 0.3) is 0 Å². The molecule has 2 rings (SSSR count). The smallest absolute Gasteiger partial charge is 0.406 e. The molecule has 4 nitrogen and oxygen atoms in total. The molecule has 0 saturated heterocycles. The minimum Gasteiger partial charge on any atom is -0.406 e. The lowest BCUT2D eigenvalue weighted by Crippen LogP contribution is -2.20. The lowest BCUT2D eigenvalue weighted by molar-refractivity contribution is 0.499. The van der Waals surface area contributed by atoms with E-state index < -0.39 is 5.76 Å². The molecule has 0 atom stereocenters. The zero-order chi connectivity index (χ0) is 14.2. The highest BCUT2D eigenvalue weighted by molar-refractivity contribution is 5.94. The summed E-state index contributed by atoms with van der Waals surface area (Å²) in [5, 5.41) is 3.91. The topological polar surface area (TPSA) is 55.1 Å². The SMILES string of the molecule is C=Cc1ccc2c(C(C)(C)C)nc(=O)oc2c1NC. The van der Waals surface area contributed by atoms with Crippen molar-refractivity contribution in [1.82, 2.24) is 4.98 Å². The summed E-state index contributed by atoms with van der Waals surface area (Å²) in [5.41, 5.74) is 2.70. The van der Waals surface area contributed by atoms with Crippen LogP contribution in [0.3, 0.4) is 0 Å². The highest BCUT2D eigenvalue weighted by atomic mass is 16.4. The number of aromatic nitrogens is 1. The van der Waals surface area contributed by atoms with Gasteiger partial charge < -0.3 is 9.73 Å². The summed E-state index contributed by atoms with van der Waals surface area (Å²) in [7, 11) is 1.79. The molecule has 0 unspecified atom stereocenters. The molecule has 0 aliphatic rings. The van der Waals surface area contributed by atoms with E-state index in [1.54, 1.807) is 13.1 Å². The maximum Gasteiger partial charge on any atom is 0.439 e. The molecule has 100 valence electrons. The van der Waals surface area contributed by atoms with E-state index in [0.29, 0.717) is 5.58 Å². The predicted molar refractivity (Wildman–Crippen MR) is 78.6 cm³/mol. The monoisotopic (exact) mass is 258 g/mol. The number of hydrogen-bond donors (Lipinski definition) is 1. The number of rotatable bonds is 2. The molecule has 4 heteroatoms. The molecule has 1 heterocycles. The summed E-state index contributed by atoms with van der Waals surface area (Å²) in [4.78, 5) is 15.7. The molecule has 0 saturated carbocycles. The Bertz CT molecular complexity index is 694. The highest BCUT2D eigenvalue weighted by Gasteiger charge is 2.22. The Morgan fingerprint density at radius 3 is 2.58 bits per heavy atom. The quantitative estimate of drug-likeness (QED) is 0.899. The van der Waals surface area contributed by atoms with Crippen LogP contribution in [0.5, 0.6) is 0 Å². The van der Waals surface area contributed by atoms with E-state index >= 15 is 0 Å².